The zero-order valence-electron chi connectivity index (χ0n) is 18.2. The molecule has 0 aromatic heterocycles. The number of hydrogen-bond donors (Lipinski definition) is 0. The molecule has 2 bridgehead atoms. The Hall–Kier alpha value is -1.43. The van der Waals surface area contributed by atoms with Crippen LogP contribution in [0.5, 0.6) is 0 Å². The molecule has 2 saturated heterocycles. The van der Waals surface area contributed by atoms with Gasteiger partial charge in [0.15, 0.2) is 0 Å². The minimum atomic E-state index is 0.161. The van der Waals surface area contributed by atoms with Crippen LogP contribution in [0.2, 0.25) is 0 Å². The molecule has 0 N–H and O–H groups in total. The average molecular weight is 401 g/mol. The third-order valence-electron chi connectivity index (χ3n) is 7.76. The quantitative estimate of drug-likeness (QED) is 0.660. The van der Waals surface area contributed by atoms with Crippen LogP contribution in [-0.4, -0.2) is 73.9 Å². The van der Waals surface area contributed by atoms with Crippen LogP contribution in [0.15, 0.2) is 30.3 Å². The molecule has 0 unspecified atom stereocenters. The fraction of sp³-hybridized carbons (Fsp3) is 0.708. The number of nitrogens with zero attached hydrogens (tertiary/aromatic N) is 2. The van der Waals surface area contributed by atoms with Gasteiger partial charge >= 0.3 is 0 Å². The molecular formula is C24H36N2O3. The van der Waals surface area contributed by atoms with Crippen LogP contribution in [0.3, 0.4) is 0 Å². The number of benzene rings is 1. The molecule has 2 heterocycles. The number of rotatable bonds is 7. The molecule has 5 heteroatoms. The molecule has 1 aromatic rings. The summed E-state index contributed by atoms with van der Waals surface area (Å²) in [6.45, 7) is 3.60. The van der Waals surface area contributed by atoms with Crippen molar-refractivity contribution >= 4 is 5.91 Å². The highest BCUT2D eigenvalue weighted by Crippen LogP contribution is 2.55. The van der Waals surface area contributed by atoms with E-state index in [0.29, 0.717) is 31.3 Å². The van der Waals surface area contributed by atoms with Gasteiger partial charge in [0.25, 0.3) is 0 Å². The first kappa shape index (κ1) is 20.8. The number of methoxy groups -OCH3 is 1. The fourth-order valence-corrected chi connectivity index (χ4v) is 6.43. The summed E-state index contributed by atoms with van der Waals surface area (Å²) >= 11 is 0. The van der Waals surface area contributed by atoms with Gasteiger partial charge in [-0.25, -0.2) is 0 Å². The Balaban J connectivity index is 1.61. The average Bonchev–Trinajstić information content (AvgIpc) is 2.87. The minimum Gasteiger partial charge on any atom is -0.382 e. The first-order valence-electron chi connectivity index (χ1n) is 11.2. The number of fused-ring (bicyclic) bond motifs is 1. The summed E-state index contributed by atoms with van der Waals surface area (Å²) < 4.78 is 10.7. The second-order valence-electron chi connectivity index (χ2n) is 9.36. The number of likely N-dealkylation sites (N-methyl/N-ethyl adjacent to an activating group) is 1. The van der Waals surface area contributed by atoms with Gasteiger partial charge in [-0.15, -0.1) is 0 Å². The molecule has 2 aliphatic heterocycles. The molecule has 1 aromatic carbocycles. The van der Waals surface area contributed by atoms with Crippen molar-refractivity contribution in [3.05, 3.63) is 35.9 Å². The summed E-state index contributed by atoms with van der Waals surface area (Å²) in [7, 11) is 3.96. The van der Waals surface area contributed by atoms with Crippen LogP contribution >= 0.6 is 0 Å². The van der Waals surface area contributed by atoms with Gasteiger partial charge in [0.2, 0.25) is 5.91 Å². The number of likely N-dealkylation sites (tertiary alicyclic amines) is 2. The molecule has 3 fully saturated rings. The van der Waals surface area contributed by atoms with E-state index in [-0.39, 0.29) is 24.0 Å². The highest BCUT2D eigenvalue weighted by atomic mass is 16.5. The van der Waals surface area contributed by atoms with Gasteiger partial charge in [0.1, 0.15) is 6.61 Å². The number of amides is 1. The monoisotopic (exact) mass is 400 g/mol. The summed E-state index contributed by atoms with van der Waals surface area (Å²) in [6.07, 6.45) is 6.96. The molecule has 160 valence electrons. The Morgan fingerprint density at radius 2 is 1.86 bits per heavy atom. The zero-order valence-corrected chi connectivity index (χ0v) is 18.2. The van der Waals surface area contributed by atoms with E-state index < -0.39 is 0 Å². The summed E-state index contributed by atoms with van der Waals surface area (Å²) in [6, 6.07) is 12.3. The van der Waals surface area contributed by atoms with E-state index in [1.807, 2.05) is 0 Å². The Labute approximate surface area is 175 Å². The van der Waals surface area contributed by atoms with Crippen molar-refractivity contribution in [2.75, 3.05) is 34.0 Å². The number of carbonyl (C=O) groups is 1. The van der Waals surface area contributed by atoms with Crippen molar-refractivity contribution < 1.29 is 14.3 Å². The molecule has 29 heavy (non-hydrogen) atoms. The van der Waals surface area contributed by atoms with Gasteiger partial charge in [-0.3, -0.25) is 9.69 Å². The van der Waals surface area contributed by atoms with Crippen molar-refractivity contribution in [1.82, 2.24) is 9.80 Å². The maximum Gasteiger partial charge on any atom is 0.249 e. The molecule has 0 radical (unpaired) electrons. The number of hydrogen-bond acceptors (Lipinski definition) is 4. The Morgan fingerprint density at radius 1 is 1.14 bits per heavy atom. The van der Waals surface area contributed by atoms with E-state index in [9.17, 15) is 4.79 Å². The van der Waals surface area contributed by atoms with Crippen LogP contribution in [0.4, 0.5) is 0 Å². The lowest BCUT2D eigenvalue weighted by Crippen LogP contribution is -2.58. The predicted molar refractivity (Wildman–Crippen MR) is 114 cm³/mol. The second kappa shape index (κ2) is 8.75. The van der Waals surface area contributed by atoms with Gasteiger partial charge < -0.3 is 14.4 Å². The number of carbonyl (C=O) groups excluding carboxylic acids is 1. The summed E-state index contributed by atoms with van der Waals surface area (Å²) in [5, 5.41) is 0. The molecule has 1 amide bonds. The van der Waals surface area contributed by atoms with E-state index in [0.717, 1.165) is 19.3 Å². The second-order valence-corrected chi connectivity index (χ2v) is 9.36. The van der Waals surface area contributed by atoms with Crippen LogP contribution in [0.1, 0.15) is 44.6 Å². The Morgan fingerprint density at radius 3 is 2.59 bits per heavy atom. The lowest BCUT2D eigenvalue weighted by Gasteiger charge is -2.49. The Bertz CT molecular complexity index is 697. The van der Waals surface area contributed by atoms with Crippen LogP contribution < -0.4 is 0 Å². The number of ether oxygens (including phenoxy) is 2. The van der Waals surface area contributed by atoms with Crippen molar-refractivity contribution in [2.45, 2.75) is 69.6 Å². The number of piperidine rings is 1. The standard InChI is InChI=1S/C24H36N2O3/c1-24-16-20-19(15-18-9-5-4-6-10-18)25(2)21(24)11-7-8-12-22(24)26(20)23(27)17-29-14-13-28-3/h4-6,9-10,19-22H,7-8,11-17H2,1-3H3/t19-,20-,21+,22-,24+/m0/s1. The SMILES string of the molecule is COCCOCC(=O)N1[C@H]2CCCC[C@H]3N(C)[C@@H](Cc4ccccc4)[C@@H]1C[C@@]23C. The molecule has 5 nitrogen and oxygen atoms in total. The molecule has 5 atom stereocenters. The van der Waals surface area contributed by atoms with Gasteiger partial charge in [-0.2, -0.15) is 0 Å². The molecule has 1 aliphatic carbocycles. The largest absolute Gasteiger partial charge is 0.382 e. The van der Waals surface area contributed by atoms with Crippen molar-refractivity contribution in [3.8, 4) is 0 Å². The molecule has 0 spiro atoms. The van der Waals surface area contributed by atoms with E-state index in [1.165, 1.54) is 24.8 Å². The minimum absolute atomic E-state index is 0.161. The maximum atomic E-state index is 13.4. The smallest absolute Gasteiger partial charge is 0.249 e. The summed E-state index contributed by atoms with van der Waals surface area (Å²) in [5.41, 5.74) is 1.54. The topological polar surface area (TPSA) is 42.0 Å². The summed E-state index contributed by atoms with van der Waals surface area (Å²) in [4.78, 5) is 18.2. The van der Waals surface area contributed by atoms with Crippen molar-refractivity contribution in [2.24, 2.45) is 5.41 Å². The molecule has 4 rings (SSSR count). The highest BCUT2D eigenvalue weighted by Gasteiger charge is 2.61. The first-order valence-corrected chi connectivity index (χ1v) is 11.2. The first-order chi connectivity index (χ1) is 14.1. The van der Waals surface area contributed by atoms with E-state index in [4.69, 9.17) is 9.47 Å². The highest BCUT2D eigenvalue weighted by molar-refractivity contribution is 5.79. The zero-order chi connectivity index (χ0) is 20.4. The van der Waals surface area contributed by atoms with Crippen molar-refractivity contribution in [1.29, 1.82) is 0 Å². The third kappa shape index (κ3) is 3.85. The van der Waals surface area contributed by atoms with Gasteiger partial charge in [0, 0.05) is 36.7 Å². The van der Waals surface area contributed by atoms with Crippen LogP contribution in [-0.2, 0) is 20.7 Å². The summed E-state index contributed by atoms with van der Waals surface area (Å²) in [5.74, 6) is 0.161. The van der Waals surface area contributed by atoms with Gasteiger partial charge in [0.05, 0.1) is 13.2 Å². The fourth-order valence-electron chi connectivity index (χ4n) is 6.43. The van der Waals surface area contributed by atoms with E-state index in [2.05, 4.69) is 54.1 Å². The lowest BCUT2D eigenvalue weighted by molar-refractivity contribution is -0.140. The Kier molecular flexibility index (Phi) is 6.28. The van der Waals surface area contributed by atoms with Crippen molar-refractivity contribution in [3.63, 3.8) is 0 Å². The molecule has 3 aliphatic rings. The van der Waals surface area contributed by atoms with E-state index in [1.54, 1.807) is 7.11 Å². The molecular weight excluding hydrogens is 364 g/mol. The van der Waals surface area contributed by atoms with E-state index >= 15 is 0 Å². The lowest BCUT2D eigenvalue weighted by atomic mass is 9.69. The van der Waals surface area contributed by atoms with Crippen LogP contribution in [0, 0.1) is 5.41 Å². The maximum absolute atomic E-state index is 13.4. The van der Waals surface area contributed by atoms with Gasteiger partial charge in [-0.05, 0) is 38.3 Å². The van der Waals surface area contributed by atoms with Gasteiger partial charge in [-0.1, -0.05) is 50.1 Å². The van der Waals surface area contributed by atoms with Crippen LogP contribution in [0.25, 0.3) is 0 Å². The predicted octanol–water partition coefficient (Wildman–Crippen LogP) is 3.12. The normalized spacial score (nSPS) is 34.2. The molecule has 1 saturated carbocycles. The third-order valence-corrected chi connectivity index (χ3v) is 7.76.